The first-order chi connectivity index (χ1) is 8.36. The average Bonchev–Trinajstić information content (AvgIpc) is 2.36. The summed E-state index contributed by atoms with van der Waals surface area (Å²) in [5.74, 6) is -0.910. The zero-order valence-corrected chi connectivity index (χ0v) is 10.6. The quantitative estimate of drug-likeness (QED) is 0.813. The molecular formula is C12H16N2O4. The van der Waals surface area contributed by atoms with Gasteiger partial charge in [0.2, 0.25) is 5.88 Å². The molecule has 2 N–H and O–H groups in total. The molecular weight excluding hydrogens is 236 g/mol. The van der Waals surface area contributed by atoms with E-state index in [0.717, 1.165) is 0 Å². The molecule has 0 aliphatic heterocycles. The zero-order valence-electron chi connectivity index (χ0n) is 10.6. The Balaban J connectivity index is 2.63. The van der Waals surface area contributed by atoms with E-state index in [-0.39, 0.29) is 12.5 Å². The number of methoxy groups -OCH3 is 1. The summed E-state index contributed by atoms with van der Waals surface area (Å²) in [6.45, 7) is 3.14. The van der Waals surface area contributed by atoms with Crippen LogP contribution < -0.4 is 10.1 Å². The van der Waals surface area contributed by atoms with E-state index >= 15 is 0 Å². The topological polar surface area (TPSA) is 88.5 Å². The highest BCUT2D eigenvalue weighted by atomic mass is 16.5. The molecule has 1 heterocycles. The number of hydrogen-bond acceptors (Lipinski definition) is 4. The van der Waals surface area contributed by atoms with Gasteiger partial charge in [0.25, 0.3) is 5.91 Å². The highest BCUT2D eigenvalue weighted by Gasteiger charge is 2.27. The van der Waals surface area contributed by atoms with Crippen molar-refractivity contribution in [3.8, 4) is 5.88 Å². The summed E-state index contributed by atoms with van der Waals surface area (Å²) < 4.78 is 4.87. The molecule has 1 rings (SSSR count). The number of nitrogens with one attached hydrogen (secondary N) is 1. The van der Waals surface area contributed by atoms with Gasteiger partial charge in [0, 0.05) is 18.8 Å². The van der Waals surface area contributed by atoms with Crippen LogP contribution in [-0.4, -0.2) is 35.6 Å². The van der Waals surface area contributed by atoms with Crippen LogP contribution in [0.1, 0.15) is 24.2 Å². The van der Waals surface area contributed by atoms with Gasteiger partial charge >= 0.3 is 5.97 Å². The summed E-state index contributed by atoms with van der Waals surface area (Å²) in [5, 5.41) is 11.5. The molecule has 1 amide bonds. The lowest BCUT2D eigenvalue weighted by Crippen LogP contribution is -2.38. The van der Waals surface area contributed by atoms with Crippen LogP contribution in [0.25, 0.3) is 0 Å². The van der Waals surface area contributed by atoms with Gasteiger partial charge in [-0.2, -0.15) is 0 Å². The number of carboxylic acids is 1. The van der Waals surface area contributed by atoms with Gasteiger partial charge in [0.1, 0.15) is 0 Å². The molecule has 18 heavy (non-hydrogen) atoms. The molecule has 6 heteroatoms. The molecule has 0 atom stereocenters. The van der Waals surface area contributed by atoms with Crippen LogP contribution in [-0.2, 0) is 4.79 Å². The van der Waals surface area contributed by atoms with E-state index in [1.54, 1.807) is 26.0 Å². The highest BCUT2D eigenvalue weighted by molar-refractivity contribution is 5.94. The van der Waals surface area contributed by atoms with Crippen molar-refractivity contribution in [2.45, 2.75) is 13.8 Å². The van der Waals surface area contributed by atoms with E-state index in [9.17, 15) is 9.59 Å². The normalized spacial score (nSPS) is 10.8. The predicted molar refractivity (Wildman–Crippen MR) is 64.5 cm³/mol. The monoisotopic (exact) mass is 252 g/mol. The lowest BCUT2D eigenvalue weighted by atomic mass is 9.94. The number of pyridine rings is 1. The van der Waals surface area contributed by atoms with Gasteiger partial charge in [-0.3, -0.25) is 9.59 Å². The number of aliphatic carboxylic acids is 1. The van der Waals surface area contributed by atoms with Crippen LogP contribution in [0, 0.1) is 5.41 Å². The largest absolute Gasteiger partial charge is 0.481 e. The van der Waals surface area contributed by atoms with Crippen molar-refractivity contribution in [2.24, 2.45) is 5.41 Å². The van der Waals surface area contributed by atoms with Crippen LogP contribution >= 0.6 is 0 Å². The van der Waals surface area contributed by atoms with Crippen LogP contribution in [0.15, 0.2) is 18.3 Å². The van der Waals surface area contributed by atoms with Crippen molar-refractivity contribution in [3.05, 3.63) is 23.9 Å². The SMILES string of the molecule is COc1ccc(C(=O)NCC(C)(C)C(=O)O)cn1. The minimum Gasteiger partial charge on any atom is -0.481 e. The van der Waals surface area contributed by atoms with Gasteiger partial charge in [0.15, 0.2) is 0 Å². The number of carbonyl (C=O) groups excluding carboxylic acids is 1. The number of rotatable bonds is 5. The Labute approximate surface area is 105 Å². The molecule has 0 saturated heterocycles. The maximum Gasteiger partial charge on any atom is 0.310 e. The third-order valence-corrected chi connectivity index (χ3v) is 2.48. The van der Waals surface area contributed by atoms with E-state index in [4.69, 9.17) is 9.84 Å². The lowest BCUT2D eigenvalue weighted by molar-refractivity contribution is -0.146. The Bertz CT molecular complexity index is 440. The second kappa shape index (κ2) is 5.48. The van der Waals surface area contributed by atoms with Gasteiger partial charge < -0.3 is 15.2 Å². The molecule has 0 saturated carbocycles. The summed E-state index contributed by atoms with van der Waals surface area (Å²) in [7, 11) is 1.48. The summed E-state index contributed by atoms with van der Waals surface area (Å²) in [6.07, 6.45) is 1.38. The Hall–Kier alpha value is -2.11. The predicted octanol–water partition coefficient (Wildman–Crippen LogP) is 0.931. The molecule has 6 nitrogen and oxygen atoms in total. The molecule has 0 unspecified atom stereocenters. The second-order valence-electron chi connectivity index (χ2n) is 4.46. The van der Waals surface area contributed by atoms with Crippen LogP contribution in [0.2, 0.25) is 0 Å². The summed E-state index contributed by atoms with van der Waals surface area (Å²) >= 11 is 0. The number of hydrogen-bond donors (Lipinski definition) is 2. The maximum absolute atomic E-state index is 11.7. The van der Waals surface area contributed by atoms with Gasteiger partial charge in [-0.05, 0) is 19.9 Å². The average molecular weight is 252 g/mol. The molecule has 0 fully saturated rings. The third kappa shape index (κ3) is 3.44. The van der Waals surface area contributed by atoms with E-state index < -0.39 is 11.4 Å². The van der Waals surface area contributed by atoms with Gasteiger partial charge in [-0.15, -0.1) is 0 Å². The smallest absolute Gasteiger partial charge is 0.310 e. The Morgan fingerprint density at radius 2 is 2.11 bits per heavy atom. The fourth-order valence-electron chi connectivity index (χ4n) is 1.11. The fourth-order valence-corrected chi connectivity index (χ4v) is 1.11. The first-order valence-electron chi connectivity index (χ1n) is 5.38. The summed E-state index contributed by atoms with van der Waals surface area (Å²) in [6, 6.07) is 3.13. The van der Waals surface area contributed by atoms with Crippen molar-refractivity contribution < 1.29 is 19.4 Å². The molecule has 0 radical (unpaired) electrons. The van der Waals surface area contributed by atoms with Gasteiger partial charge in [-0.1, -0.05) is 0 Å². The van der Waals surface area contributed by atoms with E-state index in [1.165, 1.54) is 13.3 Å². The molecule has 0 spiro atoms. The van der Waals surface area contributed by atoms with Crippen molar-refractivity contribution >= 4 is 11.9 Å². The molecule has 0 aliphatic rings. The molecule has 0 aromatic carbocycles. The van der Waals surface area contributed by atoms with Crippen molar-refractivity contribution in [3.63, 3.8) is 0 Å². The fraction of sp³-hybridized carbons (Fsp3) is 0.417. The van der Waals surface area contributed by atoms with Crippen molar-refractivity contribution in [1.29, 1.82) is 0 Å². The summed E-state index contributed by atoms with van der Waals surface area (Å²) in [4.78, 5) is 26.5. The van der Waals surface area contributed by atoms with Crippen molar-refractivity contribution in [1.82, 2.24) is 10.3 Å². The molecule has 98 valence electrons. The highest BCUT2D eigenvalue weighted by Crippen LogP contribution is 2.13. The van der Waals surface area contributed by atoms with Crippen LogP contribution in [0.3, 0.4) is 0 Å². The number of ether oxygens (including phenoxy) is 1. The number of amides is 1. The van der Waals surface area contributed by atoms with E-state index in [2.05, 4.69) is 10.3 Å². The standard InChI is InChI=1S/C12H16N2O4/c1-12(2,11(16)17)7-14-10(15)8-4-5-9(18-3)13-6-8/h4-6H,7H2,1-3H3,(H,14,15)(H,16,17). The minimum absolute atomic E-state index is 0.0488. The first kappa shape index (κ1) is 14.0. The van der Waals surface area contributed by atoms with Crippen molar-refractivity contribution in [2.75, 3.05) is 13.7 Å². The first-order valence-corrected chi connectivity index (χ1v) is 5.38. The van der Waals surface area contributed by atoms with Gasteiger partial charge in [-0.25, -0.2) is 4.98 Å². The minimum atomic E-state index is -1.00. The number of carbonyl (C=O) groups is 2. The van der Waals surface area contributed by atoms with Gasteiger partial charge in [0.05, 0.1) is 18.1 Å². The third-order valence-electron chi connectivity index (χ3n) is 2.48. The Kier molecular flexibility index (Phi) is 4.25. The molecule has 0 bridgehead atoms. The van der Waals surface area contributed by atoms with E-state index in [0.29, 0.717) is 11.4 Å². The molecule has 1 aromatic heterocycles. The molecule has 1 aromatic rings. The second-order valence-corrected chi connectivity index (χ2v) is 4.46. The zero-order chi connectivity index (χ0) is 13.8. The Morgan fingerprint density at radius 3 is 2.56 bits per heavy atom. The van der Waals surface area contributed by atoms with Crippen LogP contribution in [0.4, 0.5) is 0 Å². The Morgan fingerprint density at radius 1 is 1.44 bits per heavy atom. The maximum atomic E-state index is 11.7. The van der Waals surface area contributed by atoms with Crippen LogP contribution in [0.5, 0.6) is 5.88 Å². The lowest BCUT2D eigenvalue weighted by Gasteiger charge is -2.19. The number of aromatic nitrogens is 1. The number of nitrogens with zero attached hydrogens (tertiary/aromatic N) is 1. The summed E-state index contributed by atoms with van der Waals surface area (Å²) in [5.41, 5.74) is -0.646. The molecule has 0 aliphatic carbocycles. The van der Waals surface area contributed by atoms with E-state index in [1.807, 2.05) is 0 Å². The number of carboxylic acid groups (broad SMARTS) is 1.